The molecule has 1 unspecified atom stereocenters. The molecule has 1 aliphatic heterocycles. The summed E-state index contributed by atoms with van der Waals surface area (Å²) in [5.41, 5.74) is 1.78. The second-order valence-electron chi connectivity index (χ2n) is 8.91. The van der Waals surface area contributed by atoms with Crippen LogP contribution in [0.1, 0.15) is 53.9 Å². The molecule has 7 nitrogen and oxygen atoms in total. The Morgan fingerprint density at radius 3 is 2.41 bits per heavy atom. The first kappa shape index (κ1) is 24.4. The summed E-state index contributed by atoms with van der Waals surface area (Å²) in [5.74, 6) is 1.48. The minimum atomic E-state index is -0.709. The van der Waals surface area contributed by atoms with Crippen molar-refractivity contribution in [1.29, 1.82) is 0 Å². The summed E-state index contributed by atoms with van der Waals surface area (Å²) >= 11 is 0. The van der Waals surface area contributed by atoms with Crippen LogP contribution in [0.2, 0.25) is 0 Å². The fourth-order valence-corrected chi connectivity index (χ4v) is 4.75. The third-order valence-corrected chi connectivity index (χ3v) is 6.64. The topological polar surface area (TPSA) is 78.2 Å². The predicted molar refractivity (Wildman–Crippen MR) is 142 cm³/mol. The first-order valence-corrected chi connectivity index (χ1v) is 12.4. The van der Waals surface area contributed by atoms with E-state index in [1.54, 1.807) is 67.7 Å². The van der Waals surface area contributed by atoms with E-state index in [0.29, 0.717) is 51.6 Å². The van der Waals surface area contributed by atoms with Crippen LogP contribution in [0.5, 0.6) is 17.2 Å². The van der Waals surface area contributed by atoms with Crippen molar-refractivity contribution in [3.05, 3.63) is 93.8 Å². The number of carbonyl (C=O) groups is 1. The van der Waals surface area contributed by atoms with Gasteiger partial charge >= 0.3 is 0 Å². The molecule has 4 aromatic rings. The number of hydrogen-bond donors (Lipinski definition) is 0. The third-order valence-electron chi connectivity index (χ3n) is 6.64. The van der Waals surface area contributed by atoms with E-state index in [0.717, 1.165) is 19.3 Å². The lowest BCUT2D eigenvalue weighted by Crippen LogP contribution is -2.29. The van der Waals surface area contributed by atoms with Gasteiger partial charge in [0.05, 0.1) is 37.8 Å². The number of unbranched alkanes of at least 4 members (excludes halogenated alkanes) is 2. The number of carbonyl (C=O) groups excluding carboxylic acids is 1. The van der Waals surface area contributed by atoms with E-state index in [1.807, 2.05) is 18.2 Å². The maximum atomic E-state index is 13.8. The molecule has 0 spiro atoms. The SMILES string of the molecule is CCCCCOc1ccc(C2c3c(oc4ccccc4c3=O)C(=O)N2c2ccc(OC)cc2)cc1OC. The molecule has 190 valence electrons. The lowest BCUT2D eigenvalue weighted by molar-refractivity contribution is 0.0971. The van der Waals surface area contributed by atoms with Crippen LogP contribution in [0.25, 0.3) is 11.0 Å². The Morgan fingerprint density at radius 1 is 0.892 bits per heavy atom. The van der Waals surface area contributed by atoms with Gasteiger partial charge in [0.2, 0.25) is 5.76 Å². The Hall–Kier alpha value is -4.26. The van der Waals surface area contributed by atoms with Gasteiger partial charge in [-0.2, -0.15) is 0 Å². The van der Waals surface area contributed by atoms with Crippen molar-refractivity contribution < 1.29 is 23.4 Å². The second-order valence-corrected chi connectivity index (χ2v) is 8.91. The maximum absolute atomic E-state index is 13.8. The zero-order valence-corrected chi connectivity index (χ0v) is 21.2. The van der Waals surface area contributed by atoms with Gasteiger partial charge in [0.1, 0.15) is 11.3 Å². The average molecular weight is 500 g/mol. The number of rotatable bonds is 9. The Bertz CT molecular complexity index is 1490. The highest BCUT2D eigenvalue weighted by Crippen LogP contribution is 2.43. The zero-order chi connectivity index (χ0) is 25.9. The van der Waals surface area contributed by atoms with E-state index in [4.69, 9.17) is 18.6 Å². The van der Waals surface area contributed by atoms with E-state index in [9.17, 15) is 9.59 Å². The molecule has 0 saturated heterocycles. The Balaban J connectivity index is 1.65. The van der Waals surface area contributed by atoms with Crippen LogP contribution in [0.4, 0.5) is 5.69 Å². The quantitative estimate of drug-likeness (QED) is 0.258. The molecule has 0 saturated carbocycles. The Kier molecular flexibility index (Phi) is 6.86. The van der Waals surface area contributed by atoms with Gasteiger partial charge in [0.25, 0.3) is 5.91 Å². The molecular formula is C30H29NO6. The van der Waals surface area contributed by atoms with Crippen molar-refractivity contribution in [2.24, 2.45) is 0 Å². The van der Waals surface area contributed by atoms with Crippen LogP contribution in [-0.2, 0) is 0 Å². The molecule has 0 aliphatic carbocycles. The van der Waals surface area contributed by atoms with Crippen LogP contribution in [0.3, 0.4) is 0 Å². The Labute approximate surface area is 215 Å². The van der Waals surface area contributed by atoms with Crippen LogP contribution in [-0.4, -0.2) is 26.7 Å². The lowest BCUT2D eigenvalue weighted by atomic mass is 9.97. The standard InChI is InChI=1S/C30H29NO6/c1-4-5-8-17-36-24-16-11-19(18-25(24)35-3)27-26-28(32)22-9-6-7-10-23(22)37-29(26)30(33)31(27)20-12-14-21(34-2)15-13-20/h6-7,9-16,18,27H,4-5,8,17H2,1-3H3. The van der Waals surface area contributed by atoms with E-state index >= 15 is 0 Å². The van der Waals surface area contributed by atoms with Crippen molar-refractivity contribution in [2.75, 3.05) is 25.7 Å². The normalized spacial score (nSPS) is 14.6. The number of para-hydroxylation sites is 1. The van der Waals surface area contributed by atoms with E-state index in [2.05, 4.69) is 6.92 Å². The molecule has 2 heterocycles. The number of fused-ring (bicyclic) bond motifs is 2. The molecular weight excluding hydrogens is 470 g/mol. The summed E-state index contributed by atoms with van der Waals surface area (Å²) in [6.45, 7) is 2.73. The Morgan fingerprint density at radius 2 is 1.68 bits per heavy atom. The molecule has 1 aliphatic rings. The molecule has 37 heavy (non-hydrogen) atoms. The number of anilines is 1. The van der Waals surface area contributed by atoms with Gasteiger partial charge in [-0.25, -0.2) is 0 Å². The molecule has 0 radical (unpaired) electrons. The fraction of sp³-hybridized carbons (Fsp3) is 0.267. The van der Waals surface area contributed by atoms with Crippen molar-refractivity contribution in [3.8, 4) is 17.2 Å². The van der Waals surface area contributed by atoms with Crippen molar-refractivity contribution in [2.45, 2.75) is 32.2 Å². The van der Waals surface area contributed by atoms with E-state index in [-0.39, 0.29) is 17.1 Å². The first-order valence-electron chi connectivity index (χ1n) is 12.4. The smallest absolute Gasteiger partial charge is 0.295 e. The maximum Gasteiger partial charge on any atom is 0.295 e. The van der Waals surface area contributed by atoms with Crippen LogP contribution < -0.4 is 24.5 Å². The first-order chi connectivity index (χ1) is 18.1. The average Bonchev–Trinajstić information content (AvgIpc) is 3.23. The van der Waals surface area contributed by atoms with Crippen molar-refractivity contribution >= 4 is 22.6 Å². The van der Waals surface area contributed by atoms with Gasteiger partial charge in [-0.1, -0.05) is 38.0 Å². The largest absolute Gasteiger partial charge is 0.497 e. The molecule has 5 rings (SSSR count). The van der Waals surface area contributed by atoms with Gasteiger partial charge in [0.15, 0.2) is 16.9 Å². The summed E-state index contributed by atoms with van der Waals surface area (Å²) in [6, 6.07) is 18.9. The predicted octanol–water partition coefficient (Wildman–Crippen LogP) is 6.13. The van der Waals surface area contributed by atoms with Gasteiger partial charge in [-0.3, -0.25) is 14.5 Å². The highest BCUT2D eigenvalue weighted by molar-refractivity contribution is 6.10. The highest BCUT2D eigenvalue weighted by Gasteiger charge is 2.44. The van der Waals surface area contributed by atoms with Gasteiger partial charge in [-0.05, 0) is 60.5 Å². The number of methoxy groups -OCH3 is 2. The molecule has 1 amide bonds. The van der Waals surface area contributed by atoms with E-state index < -0.39 is 6.04 Å². The summed E-state index contributed by atoms with van der Waals surface area (Å²) < 4.78 is 22.9. The van der Waals surface area contributed by atoms with Gasteiger partial charge < -0.3 is 18.6 Å². The third kappa shape index (κ3) is 4.42. The summed E-state index contributed by atoms with van der Waals surface area (Å²) in [7, 11) is 3.16. The fourth-order valence-electron chi connectivity index (χ4n) is 4.75. The lowest BCUT2D eigenvalue weighted by Gasteiger charge is -2.26. The monoisotopic (exact) mass is 499 g/mol. The second kappa shape index (κ2) is 10.4. The van der Waals surface area contributed by atoms with Crippen LogP contribution in [0, 0.1) is 0 Å². The number of ether oxygens (including phenoxy) is 3. The number of amides is 1. The molecule has 0 bridgehead atoms. The number of nitrogens with zero attached hydrogens (tertiary/aromatic N) is 1. The number of benzene rings is 3. The molecule has 1 aromatic heterocycles. The van der Waals surface area contributed by atoms with Gasteiger partial charge in [-0.15, -0.1) is 0 Å². The van der Waals surface area contributed by atoms with E-state index in [1.165, 1.54) is 0 Å². The summed E-state index contributed by atoms with van der Waals surface area (Å²) in [5, 5.41) is 0.429. The van der Waals surface area contributed by atoms with Crippen molar-refractivity contribution in [1.82, 2.24) is 0 Å². The zero-order valence-electron chi connectivity index (χ0n) is 21.2. The molecule has 7 heteroatoms. The minimum absolute atomic E-state index is 0.0448. The van der Waals surface area contributed by atoms with Crippen LogP contribution >= 0.6 is 0 Å². The van der Waals surface area contributed by atoms with Gasteiger partial charge in [0, 0.05) is 5.69 Å². The highest BCUT2D eigenvalue weighted by atomic mass is 16.5. The number of hydrogen-bond acceptors (Lipinski definition) is 6. The van der Waals surface area contributed by atoms with Crippen molar-refractivity contribution in [3.63, 3.8) is 0 Å². The molecule has 3 aromatic carbocycles. The van der Waals surface area contributed by atoms with Crippen LogP contribution in [0.15, 0.2) is 75.9 Å². The molecule has 0 fully saturated rings. The summed E-state index contributed by atoms with van der Waals surface area (Å²) in [4.78, 5) is 29.1. The summed E-state index contributed by atoms with van der Waals surface area (Å²) in [6.07, 6.45) is 3.14. The molecule has 1 atom stereocenters. The minimum Gasteiger partial charge on any atom is -0.497 e. The molecule has 0 N–H and O–H groups in total.